The van der Waals surface area contributed by atoms with E-state index in [1.54, 1.807) is 38.3 Å². The number of hydrogen-bond donors (Lipinski definition) is 1. The van der Waals surface area contributed by atoms with Crippen molar-refractivity contribution in [2.75, 3.05) is 20.3 Å². The Morgan fingerprint density at radius 2 is 1.85 bits per heavy atom. The summed E-state index contributed by atoms with van der Waals surface area (Å²) in [5.74, 6) is 0.242. The standard InChI is InChI=1S/C20H22ClNO5/c1-14(27-18-5-3-4-16(21)12-18)20(24)26-13-19(23)22-11-10-15-6-8-17(25-2)9-7-15/h3-9,12,14H,10-11,13H2,1-2H3,(H,22,23). The van der Waals surface area contributed by atoms with Crippen LogP contribution in [0.25, 0.3) is 0 Å². The molecule has 2 aromatic carbocycles. The number of nitrogens with one attached hydrogen (secondary N) is 1. The zero-order valence-electron chi connectivity index (χ0n) is 15.2. The fourth-order valence-corrected chi connectivity index (χ4v) is 2.42. The van der Waals surface area contributed by atoms with Crippen molar-refractivity contribution in [3.05, 3.63) is 59.1 Å². The summed E-state index contributed by atoms with van der Waals surface area (Å²) in [5.41, 5.74) is 1.07. The SMILES string of the molecule is COc1ccc(CCNC(=O)COC(=O)C(C)Oc2cccc(Cl)c2)cc1. The van der Waals surface area contributed by atoms with Gasteiger partial charge in [0.25, 0.3) is 5.91 Å². The van der Waals surface area contributed by atoms with Gasteiger partial charge in [-0.2, -0.15) is 0 Å². The van der Waals surface area contributed by atoms with Crippen LogP contribution in [0.3, 0.4) is 0 Å². The Kier molecular flexibility index (Phi) is 7.95. The Balaban J connectivity index is 1.67. The van der Waals surface area contributed by atoms with E-state index < -0.39 is 12.1 Å². The smallest absolute Gasteiger partial charge is 0.347 e. The lowest BCUT2D eigenvalue weighted by Gasteiger charge is -2.14. The third kappa shape index (κ3) is 7.19. The lowest BCUT2D eigenvalue weighted by molar-refractivity contribution is -0.154. The Morgan fingerprint density at radius 1 is 1.11 bits per heavy atom. The van der Waals surface area contributed by atoms with E-state index in [1.165, 1.54) is 0 Å². The predicted molar refractivity (Wildman–Crippen MR) is 102 cm³/mol. The molecule has 1 N–H and O–H groups in total. The summed E-state index contributed by atoms with van der Waals surface area (Å²) in [6, 6.07) is 14.3. The Bertz CT molecular complexity index is 763. The minimum atomic E-state index is -0.851. The molecule has 1 unspecified atom stereocenters. The molecule has 27 heavy (non-hydrogen) atoms. The molecule has 0 bridgehead atoms. The lowest BCUT2D eigenvalue weighted by atomic mass is 10.1. The van der Waals surface area contributed by atoms with Crippen LogP contribution >= 0.6 is 11.6 Å². The van der Waals surface area contributed by atoms with Gasteiger partial charge in [0, 0.05) is 11.6 Å². The van der Waals surface area contributed by atoms with Crippen molar-refractivity contribution < 1.29 is 23.8 Å². The van der Waals surface area contributed by atoms with E-state index in [-0.39, 0.29) is 12.5 Å². The monoisotopic (exact) mass is 391 g/mol. The molecule has 0 saturated heterocycles. The number of benzene rings is 2. The van der Waals surface area contributed by atoms with E-state index in [1.807, 2.05) is 24.3 Å². The van der Waals surface area contributed by atoms with Crippen LogP contribution in [0.5, 0.6) is 11.5 Å². The average molecular weight is 392 g/mol. The fourth-order valence-electron chi connectivity index (χ4n) is 2.24. The third-order valence-electron chi connectivity index (χ3n) is 3.68. The second-order valence-electron chi connectivity index (χ2n) is 5.77. The molecule has 2 aromatic rings. The number of halogens is 1. The van der Waals surface area contributed by atoms with E-state index in [2.05, 4.69) is 5.32 Å². The maximum atomic E-state index is 11.9. The molecular formula is C20H22ClNO5. The number of rotatable bonds is 9. The van der Waals surface area contributed by atoms with Gasteiger partial charge in [-0.05, 0) is 49.2 Å². The first-order valence-electron chi connectivity index (χ1n) is 8.46. The van der Waals surface area contributed by atoms with Gasteiger partial charge < -0.3 is 19.5 Å². The highest BCUT2D eigenvalue weighted by molar-refractivity contribution is 6.30. The van der Waals surface area contributed by atoms with Crippen molar-refractivity contribution in [2.24, 2.45) is 0 Å². The lowest BCUT2D eigenvalue weighted by Crippen LogP contribution is -2.33. The molecule has 1 amide bonds. The number of carbonyl (C=O) groups excluding carboxylic acids is 2. The molecule has 0 radical (unpaired) electrons. The molecule has 2 rings (SSSR count). The molecule has 0 aromatic heterocycles. The van der Waals surface area contributed by atoms with E-state index >= 15 is 0 Å². The topological polar surface area (TPSA) is 73.9 Å². The number of ether oxygens (including phenoxy) is 3. The first-order chi connectivity index (χ1) is 13.0. The molecule has 0 aliphatic heterocycles. The van der Waals surface area contributed by atoms with Gasteiger partial charge >= 0.3 is 5.97 Å². The Labute approximate surface area is 163 Å². The minimum absolute atomic E-state index is 0.356. The van der Waals surface area contributed by atoms with Crippen LogP contribution in [0, 0.1) is 0 Å². The Morgan fingerprint density at radius 3 is 2.52 bits per heavy atom. The van der Waals surface area contributed by atoms with Crippen molar-refractivity contribution in [3.8, 4) is 11.5 Å². The molecule has 0 fully saturated rings. The zero-order chi connectivity index (χ0) is 19.6. The number of methoxy groups -OCH3 is 1. The molecule has 7 heteroatoms. The number of carbonyl (C=O) groups is 2. The quantitative estimate of drug-likeness (QED) is 0.665. The molecule has 0 saturated carbocycles. The summed E-state index contributed by atoms with van der Waals surface area (Å²) in [6.07, 6.45) is -0.187. The van der Waals surface area contributed by atoms with Crippen LogP contribution in [0.2, 0.25) is 5.02 Å². The normalized spacial score (nSPS) is 11.4. The summed E-state index contributed by atoms with van der Waals surface area (Å²) < 4.78 is 15.5. The van der Waals surface area contributed by atoms with Gasteiger partial charge in [-0.25, -0.2) is 4.79 Å². The summed E-state index contributed by atoms with van der Waals surface area (Å²) in [5, 5.41) is 3.21. The number of amides is 1. The molecule has 1 atom stereocenters. The zero-order valence-corrected chi connectivity index (χ0v) is 16.0. The largest absolute Gasteiger partial charge is 0.497 e. The summed E-state index contributed by atoms with van der Waals surface area (Å²) in [4.78, 5) is 23.7. The maximum absolute atomic E-state index is 11.9. The fraction of sp³-hybridized carbons (Fsp3) is 0.300. The van der Waals surface area contributed by atoms with E-state index in [9.17, 15) is 9.59 Å². The van der Waals surface area contributed by atoms with Crippen LogP contribution in [-0.2, 0) is 20.7 Å². The van der Waals surface area contributed by atoms with Crippen LogP contribution in [0.15, 0.2) is 48.5 Å². The number of hydrogen-bond acceptors (Lipinski definition) is 5. The van der Waals surface area contributed by atoms with Crippen molar-refractivity contribution in [1.82, 2.24) is 5.32 Å². The second kappa shape index (κ2) is 10.4. The van der Waals surface area contributed by atoms with E-state index in [0.29, 0.717) is 23.7 Å². The molecule has 0 aliphatic carbocycles. The number of esters is 1. The van der Waals surface area contributed by atoms with Crippen molar-refractivity contribution >= 4 is 23.5 Å². The van der Waals surface area contributed by atoms with Crippen molar-refractivity contribution in [1.29, 1.82) is 0 Å². The Hall–Kier alpha value is -2.73. The second-order valence-corrected chi connectivity index (χ2v) is 6.21. The predicted octanol–water partition coefficient (Wildman–Crippen LogP) is 3.02. The minimum Gasteiger partial charge on any atom is -0.497 e. The van der Waals surface area contributed by atoms with Gasteiger partial charge in [-0.3, -0.25) is 4.79 Å². The highest BCUT2D eigenvalue weighted by Crippen LogP contribution is 2.18. The summed E-state index contributed by atoms with van der Waals surface area (Å²) >= 11 is 5.86. The molecule has 0 aliphatic rings. The van der Waals surface area contributed by atoms with Crippen LogP contribution in [0.4, 0.5) is 0 Å². The molecule has 0 spiro atoms. The van der Waals surface area contributed by atoms with Gasteiger partial charge in [-0.15, -0.1) is 0 Å². The van der Waals surface area contributed by atoms with E-state index in [0.717, 1.165) is 11.3 Å². The van der Waals surface area contributed by atoms with Crippen LogP contribution < -0.4 is 14.8 Å². The van der Waals surface area contributed by atoms with Gasteiger partial charge in [0.15, 0.2) is 12.7 Å². The van der Waals surface area contributed by atoms with Gasteiger partial charge in [0.2, 0.25) is 0 Å². The van der Waals surface area contributed by atoms with Gasteiger partial charge in [0.1, 0.15) is 11.5 Å². The first kappa shape index (κ1) is 20.6. The van der Waals surface area contributed by atoms with Crippen molar-refractivity contribution in [3.63, 3.8) is 0 Å². The van der Waals surface area contributed by atoms with Crippen molar-refractivity contribution in [2.45, 2.75) is 19.4 Å². The molecule has 144 valence electrons. The summed E-state index contributed by atoms with van der Waals surface area (Å²) in [6.45, 7) is 1.63. The molecule has 0 heterocycles. The maximum Gasteiger partial charge on any atom is 0.347 e. The van der Waals surface area contributed by atoms with E-state index in [4.69, 9.17) is 25.8 Å². The molecule has 6 nitrogen and oxygen atoms in total. The third-order valence-corrected chi connectivity index (χ3v) is 3.92. The summed E-state index contributed by atoms with van der Waals surface area (Å²) in [7, 11) is 1.61. The first-order valence-corrected chi connectivity index (χ1v) is 8.84. The van der Waals surface area contributed by atoms with Crippen LogP contribution in [-0.4, -0.2) is 38.2 Å². The molecular weight excluding hydrogens is 370 g/mol. The average Bonchev–Trinajstić information content (AvgIpc) is 2.66. The van der Waals surface area contributed by atoms with Gasteiger partial charge in [-0.1, -0.05) is 29.8 Å². The highest BCUT2D eigenvalue weighted by atomic mass is 35.5. The highest BCUT2D eigenvalue weighted by Gasteiger charge is 2.17. The van der Waals surface area contributed by atoms with Crippen LogP contribution in [0.1, 0.15) is 12.5 Å². The van der Waals surface area contributed by atoms with Gasteiger partial charge in [0.05, 0.1) is 7.11 Å².